The Hall–Kier alpha value is -6.09. The Bertz CT molecular complexity index is 2550. The van der Waals surface area contributed by atoms with Gasteiger partial charge in [0.2, 0.25) is 0 Å². The Kier molecular flexibility index (Phi) is 5.77. The minimum absolute atomic E-state index is 0.120. The zero-order valence-electron chi connectivity index (χ0n) is 24.9. The molecule has 47 heavy (non-hydrogen) atoms. The lowest BCUT2D eigenvalue weighted by Crippen LogP contribution is -2.28. The summed E-state index contributed by atoms with van der Waals surface area (Å²) in [6, 6.07) is 37.3. The highest BCUT2D eigenvalue weighted by molar-refractivity contribution is 6.08. The Morgan fingerprint density at radius 3 is 1.45 bits per heavy atom. The fourth-order valence-corrected chi connectivity index (χ4v) is 6.42. The topological polar surface area (TPSA) is 58.0 Å². The van der Waals surface area contributed by atoms with Crippen molar-refractivity contribution in [2.24, 2.45) is 0 Å². The number of alkyl halides is 3. The summed E-state index contributed by atoms with van der Waals surface area (Å²) in [5, 5.41) is 3.87. The van der Waals surface area contributed by atoms with Crippen molar-refractivity contribution in [3.8, 4) is 0 Å². The number of hydrogen-bond donors (Lipinski definition) is 0. The van der Waals surface area contributed by atoms with Crippen LogP contribution in [0.3, 0.4) is 0 Å². The summed E-state index contributed by atoms with van der Waals surface area (Å²) in [6.45, 7) is 2.01. The van der Waals surface area contributed by atoms with Gasteiger partial charge in [-0.3, -0.25) is 9.80 Å². The maximum Gasteiger partial charge on any atom is 0.416 e. The summed E-state index contributed by atoms with van der Waals surface area (Å²) in [7, 11) is 0. The van der Waals surface area contributed by atoms with Gasteiger partial charge >= 0.3 is 6.18 Å². The summed E-state index contributed by atoms with van der Waals surface area (Å²) < 4.78 is 41.7. The lowest BCUT2D eigenvalue weighted by molar-refractivity contribution is -0.137. The summed E-state index contributed by atoms with van der Waals surface area (Å²) in [4.78, 5) is 24.2. The van der Waals surface area contributed by atoms with Gasteiger partial charge in [0.05, 0.1) is 39.0 Å². The molecule has 6 nitrogen and oxygen atoms in total. The molecule has 0 aliphatic carbocycles. The van der Waals surface area contributed by atoms with Crippen molar-refractivity contribution in [3.05, 3.63) is 132 Å². The van der Waals surface area contributed by atoms with E-state index in [9.17, 15) is 13.2 Å². The number of fused-ring (bicyclic) bond motifs is 6. The number of benzene rings is 6. The minimum Gasteiger partial charge on any atom is -0.272 e. The molecule has 0 fully saturated rings. The van der Waals surface area contributed by atoms with Gasteiger partial charge in [-0.05, 0) is 65.7 Å². The zero-order valence-corrected chi connectivity index (χ0v) is 24.9. The number of nitrogens with zero attached hydrogens (tertiary/aromatic N) is 6. The lowest BCUT2D eigenvalue weighted by atomic mass is 10.1. The number of halogens is 3. The van der Waals surface area contributed by atoms with Crippen LogP contribution in [-0.2, 0) is 6.18 Å². The number of anilines is 6. The molecule has 3 heterocycles. The van der Waals surface area contributed by atoms with Crippen LogP contribution in [0.1, 0.15) is 11.1 Å². The first-order valence-electron chi connectivity index (χ1n) is 15.1. The van der Waals surface area contributed by atoms with Crippen molar-refractivity contribution >= 4 is 78.3 Å². The molecule has 9 heteroatoms. The van der Waals surface area contributed by atoms with E-state index in [0.29, 0.717) is 39.8 Å². The Balaban J connectivity index is 1.44. The molecule has 0 spiro atoms. The monoisotopic (exact) mass is 620 g/mol. The lowest BCUT2D eigenvalue weighted by Gasteiger charge is -2.37. The van der Waals surface area contributed by atoms with Crippen molar-refractivity contribution in [2.75, 3.05) is 9.80 Å². The van der Waals surface area contributed by atoms with Gasteiger partial charge in [0, 0.05) is 10.8 Å². The number of aromatic nitrogens is 4. The molecule has 9 rings (SSSR count). The van der Waals surface area contributed by atoms with E-state index in [1.807, 2.05) is 120 Å². The first kappa shape index (κ1) is 27.2. The first-order valence-corrected chi connectivity index (χ1v) is 15.1. The molecule has 0 bridgehead atoms. The molecular weight excluding hydrogens is 597 g/mol. The third-order valence-corrected chi connectivity index (χ3v) is 8.60. The van der Waals surface area contributed by atoms with E-state index < -0.39 is 11.7 Å². The molecule has 1 aliphatic rings. The fraction of sp³-hybridized carbons (Fsp3) is 0.0526. The van der Waals surface area contributed by atoms with E-state index in [4.69, 9.17) is 19.9 Å². The van der Waals surface area contributed by atoms with Crippen molar-refractivity contribution in [1.29, 1.82) is 0 Å². The molecule has 1 aliphatic heterocycles. The summed E-state index contributed by atoms with van der Waals surface area (Å²) in [5.41, 5.74) is 3.63. The Morgan fingerprint density at radius 1 is 0.468 bits per heavy atom. The second kappa shape index (κ2) is 9.95. The zero-order chi connectivity index (χ0) is 31.9. The van der Waals surface area contributed by atoms with Gasteiger partial charge in [-0.2, -0.15) is 13.2 Å². The van der Waals surface area contributed by atoms with Crippen LogP contribution in [0, 0.1) is 6.92 Å². The highest BCUT2D eigenvalue weighted by Gasteiger charge is 2.38. The maximum absolute atomic E-state index is 13.9. The number of rotatable bonds is 2. The van der Waals surface area contributed by atoms with Crippen molar-refractivity contribution in [1.82, 2.24) is 19.9 Å². The SMILES string of the molecule is Cc1ccc2nc3c(nc2c1)N(c1cccc2ccccc12)c1nc2ccc(C(F)(F)F)cc2nc1N3c1cccc2ccccc12. The van der Waals surface area contributed by atoms with Crippen LogP contribution in [0.5, 0.6) is 0 Å². The standard InChI is InChI=1S/C38H23F3N6/c1-22-16-18-28-30(20-22)44-36-34(42-28)47(33-15-7-11-24-9-3-5-13-27(24)33)37-35(43-29-19-17-25(38(39,40)41)21-31(29)45-37)46(36)32-14-6-10-23-8-2-4-12-26(23)32/h2-21H,1H3. The fourth-order valence-electron chi connectivity index (χ4n) is 6.42. The molecule has 2 aromatic heterocycles. The second-order valence-electron chi connectivity index (χ2n) is 11.6. The Morgan fingerprint density at radius 2 is 0.915 bits per heavy atom. The maximum atomic E-state index is 13.9. The van der Waals surface area contributed by atoms with E-state index in [-0.39, 0.29) is 5.52 Å². The molecular formula is C38H23F3N6. The van der Waals surface area contributed by atoms with E-state index in [1.165, 1.54) is 6.07 Å². The molecule has 6 aromatic carbocycles. The third kappa shape index (κ3) is 4.27. The molecule has 0 saturated heterocycles. The van der Waals surface area contributed by atoms with E-state index >= 15 is 0 Å². The van der Waals surface area contributed by atoms with Crippen LogP contribution in [0.25, 0.3) is 43.6 Å². The normalized spacial score (nSPS) is 13.0. The van der Waals surface area contributed by atoms with Crippen molar-refractivity contribution in [2.45, 2.75) is 13.1 Å². The van der Waals surface area contributed by atoms with Crippen LogP contribution >= 0.6 is 0 Å². The van der Waals surface area contributed by atoms with Crippen molar-refractivity contribution < 1.29 is 13.2 Å². The van der Waals surface area contributed by atoms with Gasteiger partial charge in [-0.1, -0.05) is 78.9 Å². The van der Waals surface area contributed by atoms with Gasteiger partial charge in [0.25, 0.3) is 0 Å². The average Bonchev–Trinajstić information content (AvgIpc) is 3.08. The van der Waals surface area contributed by atoms with Gasteiger partial charge in [-0.15, -0.1) is 0 Å². The molecule has 0 N–H and O–H groups in total. The smallest absolute Gasteiger partial charge is 0.272 e. The van der Waals surface area contributed by atoms with Crippen molar-refractivity contribution in [3.63, 3.8) is 0 Å². The molecule has 0 atom stereocenters. The largest absolute Gasteiger partial charge is 0.416 e. The summed E-state index contributed by atoms with van der Waals surface area (Å²) >= 11 is 0. The highest BCUT2D eigenvalue weighted by Crippen LogP contribution is 2.54. The molecule has 0 amide bonds. The summed E-state index contributed by atoms with van der Waals surface area (Å²) in [5.74, 6) is 1.78. The Labute approximate surface area is 266 Å². The van der Waals surface area contributed by atoms with Crippen LogP contribution in [-0.4, -0.2) is 19.9 Å². The van der Waals surface area contributed by atoms with Crippen LogP contribution in [0.2, 0.25) is 0 Å². The van der Waals surface area contributed by atoms with Gasteiger partial charge in [0.1, 0.15) is 0 Å². The predicted octanol–water partition coefficient (Wildman–Crippen LogP) is 10.5. The molecule has 0 radical (unpaired) electrons. The molecule has 0 unspecified atom stereocenters. The van der Waals surface area contributed by atoms with Gasteiger partial charge in [0.15, 0.2) is 23.3 Å². The number of hydrogen-bond acceptors (Lipinski definition) is 6. The van der Waals surface area contributed by atoms with E-state index in [2.05, 4.69) is 0 Å². The van der Waals surface area contributed by atoms with Crippen LogP contribution < -0.4 is 9.80 Å². The van der Waals surface area contributed by atoms with Crippen LogP contribution in [0.15, 0.2) is 121 Å². The van der Waals surface area contributed by atoms with E-state index in [1.54, 1.807) is 0 Å². The minimum atomic E-state index is -4.54. The molecule has 8 aromatic rings. The first-order chi connectivity index (χ1) is 22.8. The second-order valence-corrected chi connectivity index (χ2v) is 11.6. The average molecular weight is 621 g/mol. The predicted molar refractivity (Wildman–Crippen MR) is 180 cm³/mol. The summed E-state index contributed by atoms with van der Waals surface area (Å²) in [6.07, 6.45) is -4.54. The number of aryl methyl sites for hydroxylation is 1. The molecule has 226 valence electrons. The van der Waals surface area contributed by atoms with Gasteiger partial charge in [-0.25, -0.2) is 19.9 Å². The highest BCUT2D eigenvalue weighted by atomic mass is 19.4. The van der Waals surface area contributed by atoms with E-state index in [0.717, 1.165) is 50.6 Å². The van der Waals surface area contributed by atoms with Gasteiger partial charge < -0.3 is 0 Å². The van der Waals surface area contributed by atoms with Crippen LogP contribution in [0.4, 0.5) is 47.8 Å². The quantitative estimate of drug-likeness (QED) is 0.192. The molecule has 0 saturated carbocycles. The third-order valence-electron chi connectivity index (χ3n) is 8.60.